The summed E-state index contributed by atoms with van der Waals surface area (Å²) in [5.41, 5.74) is 1.11. The van der Waals surface area contributed by atoms with Crippen molar-refractivity contribution in [1.82, 2.24) is 14.3 Å². The first-order chi connectivity index (χ1) is 12.1. The maximum atomic E-state index is 12.7. The molecular weight excluding hydrogens is 340 g/mol. The number of anilines is 1. The van der Waals surface area contributed by atoms with Gasteiger partial charge in [0.1, 0.15) is 11.6 Å². The first kappa shape index (κ1) is 17.1. The van der Waals surface area contributed by atoms with Gasteiger partial charge in [-0.1, -0.05) is 18.5 Å². The van der Waals surface area contributed by atoms with Gasteiger partial charge in [-0.2, -0.15) is 5.10 Å². The average Bonchev–Trinajstić information content (AvgIpc) is 3.27. The Morgan fingerprint density at radius 1 is 1.32 bits per heavy atom. The highest BCUT2D eigenvalue weighted by Crippen LogP contribution is 2.30. The second kappa shape index (κ2) is 7.44. The van der Waals surface area contributed by atoms with Crippen LogP contribution in [0.25, 0.3) is 5.69 Å². The van der Waals surface area contributed by atoms with Crippen molar-refractivity contribution in [2.75, 3.05) is 12.4 Å². The van der Waals surface area contributed by atoms with Gasteiger partial charge in [0.05, 0.1) is 29.6 Å². The van der Waals surface area contributed by atoms with Crippen molar-refractivity contribution in [2.24, 2.45) is 0 Å². The second-order valence-electron chi connectivity index (χ2n) is 5.49. The number of halogens is 1. The monoisotopic (exact) mass is 358 g/mol. The van der Waals surface area contributed by atoms with E-state index in [1.807, 2.05) is 29.1 Å². The minimum Gasteiger partial charge on any atom is -0.496 e. The van der Waals surface area contributed by atoms with E-state index in [-0.39, 0.29) is 5.91 Å². The van der Waals surface area contributed by atoms with Gasteiger partial charge < -0.3 is 14.6 Å². The number of methoxy groups -OCH3 is 1. The fourth-order valence-corrected chi connectivity index (χ4v) is 2.86. The van der Waals surface area contributed by atoms with Crippen molar-refractivity contribution >= 4 is 23.3 Å². The topological polar surface area (TPSA) is 61.1 Å². The number of aryl methyl sites for hydroxylation is 1. The largest absolute Gasteiger partial charge is 0.496 e. The van der Waals surface area contributed by atoms with E-state index in [4.69, 9.17) is 16.3 Å². The van der Waals surface area contributed by atoms with Gasteiger partial charge in [-0.05, 0) is 24.6 Å². The Hall–Kier alpha value is -2.73. The molecule has 0 saturated heterocycles. The van der Waals surface area contributed by atoms with E-state index in [1.165, 1.54) is 7.11 Å². The Kier molecular flexibility index (Phi) is 5.09. The van der Waals surface area contributed by atoms with Gasteiger partial charge in [-0.25, -0.2) is 4.68 Å². The van der Waals surface area contributed by atoms with Gasteiger partial charge in [-0.15, -0.1) is 0 Å². The van der Waals surface area contributed by atoms with Gasteiger partial charge in [0, 0.05) is 31.1 Å². The van der Waals surface area contributed by atoms with Crippen LogP contribution in [0, 0.1) is 0 Å². The summed E-state index contributed by atoms with van der Waals surface area (Å²) in [5.74, 6) is 0.794. The van der Waals surface area contributed by atoms with Crippen LogP contribution in [-0.4, -0.2) is 27.4 Å². The van der Waals surface area contributed by atoms with Crippen LogP contribution in [0.3, 0.4) is 0 Å². The molecule has 7 heteroatoms. The molecule has 0 saturated carbocycles. The molecule has 0 radical (unpaired) electrons. The molecule has 0 atom stereocenters. The van der Waals surface area contributed by atoms with Crippen molar-refractivity contribution in [3.8, 4) is 11.4 Å². The molecule has 1 N–H and O–H groups in total. The van der Waals surface area contributed by atoms with Crippen molar-refractivity contribution in [3.05, 3.63) is 59.5 Å². The summed E-state index contributed by atoms with van der Waals surface area (Å²) < 4.78 is 9.02. The number of hydrogen-bond donors (Lipinski definition) is 1. The lowest BCUT2D eigenvalue weighted by Gasteiger charge is -2.14. The third-order valence-electron chi connectivity index (χ3n) is 3.79. The standard InChI is InChI=1S/C18H19ClN4O2/c1-3-8-23-17(6-7-20-23)21-18(24)13-11-14(19)15(12-16(13)25-2)22-9-4-5-10-22/h4-7,9-12H,3,8H2,1-2H3,(H,21,24). The Balaban J connectivity index is 1.92. The van der Waals surface area contributed by atoms with Crippen molar-refractivity contribution in [1.29, 1.82) is 0 Å². The zero-order valence-electron chi connectivity index (χ0n) is 14.1. The van der Waals surface area contributed by atoms with Crippen molar-refractivity contribution in [2.45, 2.75) is 19.9 Å². The predicted molar refractivity (Wildman–Crippen MR) is 97.8 cm³/mol. The molecule has 0 aliphatic rings. The summed E-state index contributed by atoms with van der Waals surface area (Å²) in [5, 5.41) is 7.53. The van der Waals surface area contributed by atoms with E-state index in [0.717, 1.165) is 18.7 Å². The highest BCUT2D eigenvalue weighted by atomic mass is 35.5. The number of aromatic nitrogens is 3. The van der Waals surface area contributed by atoms with E-state index in [2.05, 4.69) is 17.3 Å². The number of ether oxygens (including phenoxy) is 1. The molecular formula is C18H19ClN4O2. The van der Waals surface area contributed by atoms with Crippen LogP contribution in [0.15, 0.2) is 48.9 Å². The van der Waals surface area contributed by atoms with Crippen LogP contribution in [-0.2, 0) is 6.54 Å². The van der Waals surface area contributed by atoms with Crippen LogP contribution in [0.4, 0.5) is 5.82 Å². The Labute approximate surface area is 151 Å². The molecule has 1 aromatic carbocycles. The summed E-state index contributed by atoms with van der Waals surface area (Å²) >= 11 is 6.38. The molecule has 0 aliphatic carbocycles. The number of amides is 1. The Bertz CT molecular complexity index is 871. The third-order valence-corrected chi connectivity index (χ3v) is 4.09. The Morgan fingerprint density at radius 3 is 2.76 bits per heavy atom. The first-order valence-corrected chi connectivity index (χ1v) is 8.36. The zero-order valence-corrected chi connectivity index (χ0v) is 14.8. The SMILES string of the molecule is CCCn1nccc1NC(=O)c1cc(Cl)c(-n2cccc2)cc1OC. The number of nitrogens with one attached hydrogen (secondary N) is 1. The lowest BCUT2D eigenvalue weighted by molar-refractivity contribution is 0.102. The quantitative estimate of drug-likeness (QED) is 0.724. The maximum absolute atomic E-state index is 12.7. The summed E-state index contributed by atoms with van der Waals surface area (Å²) in [6, 6.07) is 8.93. The molecule has 2 aromatic heterocycles. The van der Waals surface area contributed by atoms with Gasteiger partial charge in [-0.3, -0.25) is 4.79 Å². The predicted octanol–water partition coefficient (Wildman–Crippen LogP) is 4.00. The van der Waals surface area contributed by atoms with Crippen molar-refractivity contribution in [3.63, 3.8) is 0 Å². The molecule has 0 spiro atoms. The lowest BCUT2D eigenvalue weighted by atomic mass is 10.1. The molecule has 0 bridgehead atoms. The molecule has 3 aromatic rings. The molecule has 0 fully saturated rings. The van der Waals surface area contributed by atoms with E-state index in [0.29, 0.717) is 22.2 Å². The highest BCUT2D eigenvalue weighted by molar-refractivity contribution is 6.33. The van der Waals surface area contributed by atoms with Crippen LogP contribution in [0.1, 0.15) is 23.7 Å². The molecule has 130 valence electrons. The number of nitrogens with zero attached hydrogens (tertiary/aromatic N) is 3. The normalized spacial score (nSPS) is 10.7. The molecule has 25 heavy (non-hydrogen) atoms. The Morgan fingerprint density at radius 2 is 2.08 bits per heavy atom. The molecule has 6 nitrogen and oxygen atoms in total. The smallest absolute Gasteiger partial charge is 0.260 e. The fourth-order valence-electron chi connectivity index (χ4n) is 2.59. The van der Waals surface area contributed by atoms with Crippen LogP contribution >= 0.6 is 11.6 Å². The molecule has 0 unspecified atom stereocenters. The van der Waals surface area contributed by atoms with Gasteiger partial charge >= 0.3 is 0 Å². The lowest BCUT2D eigenvalue weighted by Crippen LogP contribution is -2.17. The molecule has 3 rings (SSSR count). The fraction of sp³-hybridized carbons (Fsp3) is 0.222. The minimum absolute atomic E-state index is 0.296. The highest BCUT2D eigenvalue weighted by Gasteiger charge is 2.18. The van der Waals surface area contributed by atoms with Gasteiger partial charge in [0.2, 0.25) is 0 Å². The van der Waals surface area contributed by atoms with E-state index in [9.17, 15) is 4.79 Å². The number of hydrogen-bond acceptors (Lipinski definition) is 3. The molecule has 2 heterocycles. The van der Waals surface area contributed by atoms with Crippen LogP contribution in [0.5, 0.6) is 5.75 Å². The van der Waals surface area contributed by atoms with E-state index in [1.54, 1.807) is 29.1 Å². The van der Waals surface area contributed by atoms with Gasteiger partial charge in [0.25, 0.3) is 5.91 Å². The van der Waals surface area contributed by atoms with Crippen molar-refractivity contribution < 1.29 is 9.53 Å². The zero-order chi connectivity index (χ0) is 17.8. The van der Waals surface area contributed by atoms with Gasteiger partial charge in [0.15, 0.2) is 0 Å². The average molecular weight is 359 g/mol. The van der Waals surface area contributed by atoms with Crippen LogP contribution < -0.4 is 10.1 Å². The summed E-state index contributed by atoms with van der Waals surface area (Å²) in [4.78, 5) is 12.7. The molecule has 0 aliphatic heterocycles. The first-order valence-electron chi connectivity index (χ1n) is 7.98. The molecule has 1 amide bonds. The number of rotatable bonds is 6. The summed E-state index contributed by atoms with van der Waals surface area (Å²) in [7, 11) is 1.53. The number of benzene rings is 1. The van der Waals surface area contributed by atoms with Crippen LogP contribution in [0.2, 0.25) is 5.02 Å². The number of carbonyl (C=O) groups is 1. The minimum atomic E-state index is -0.296. The van der Waals surface area contributed by atoms with E-state index < -0.39 is 0 Å². The van der Waals surface area contributed by atoms with E-state index >= 15 is 0 Å². The third kappa shape index (κ3) is 3.53. The second-order valence-corrected chi connectivity index (χ2v) is 5.90. The maximum Gasteiger partial charge on any atom is 0.260 e. The summed E-state index contributed by atoms with van der Waals surface area (Å²) in [6.45, 7) is 2.78. The summed E-state index contributed by atoms with van der Waals surface area (Å²) in [6.07, 6.45) is 6.34. The number of carbonyl (C=O) groups excluding carboxylic acids is 1.